The molecule has 2 rings (SSSR count). The van der Waals surface area contributed by atoms with E-state index in [0.717, 1.165) is 30.5 Å². The molecule has 1 saturated heterocycles. The SMILES string of the molecule is CCN(CC)S(=O)(=O)c1cc(C)c(C)c(NC(=O)CC2CCCN2)c1.Cl. The third kappa shape index (κ3) is 5.19. The van der Waals surface area contributed by atoms with Crippen LogP contribution in [0.5, 0.6) is 0 Å². The van der Waals surface area contributed by atoms with Gasteiger partial charge >= 0.3 is 0 Å². The Morgan fingerprint density at radius 2 is 1.92 bits per heavy atom. The Morgan fingerprint density at radius 3 is 2.46 bits per heavy atom. The maximum absolute atomic E-state index is 12.8. The number of carbonyl (C=O) groups is 1. The standard InChI is InChI=1S/C18H29N3O3S.ClH/c1-5-21(6-2)25(23,24)16-10-13(3)14(4)17(12-16)20-18(22)11-15-8-7-9-19-15;/h10,12,15,19H,5-9,11H2,1-4H3,(H,20,22);1H. The van der Waals surface area contributed by atoms with Crippen LogP contribution < -0.4 is 10.6 Å². The zero-order chi connectivity index (χ0) is 18.6. The van der Waals surface area contributed by atoms with Gasteiger partial charge in [0, 0.05) is 31.2 Å². The fourth-order valence-corrected chi connectivity index (χ4v) is 4.74. The first-order chi connectivity index (χ1) is 11.8. The van der Waals surface area contributed by atoms with Crippen LogP contribution in [0.15, 0.2) is 17.0 Å². The van der Waals surface area contributed by atoms with Crippen LogP contribution in [0.1, 0.15) is 44.2 Å². The summed E-state index contributed by atoms with van der Waals surface area (Å²) in [5.74, 6) is -0.0840. The van der Waals surface area contributed by atoms with Crippen molar-refractivity contribution in [3.63, 3.8) is 0 Å². The number of amides is 1. The van der Waals surface area contributed by atoms with Crippen LogP contribution in [0.3, 0.4) is 0 Å². The Hall–Kier alpha value is -1.15. The molecule has 0 bridgehead atoms. The molecule has 1 amide bonds. The van der Waals surface area contributed by atoms with E-state index in [1.165, 1.54) is 4.31 Å². The van der Waals surface area contributed by atoms with E-state index < -0.39 is 10.0 Å². The van der Waals surface area contributed by atoms with Crippen LogP contribution in [0.25, 0.3) is 0 Å². The van der Waals surface area contributed by atoms with Crippen LogP contribution >= 0.6 is 12.4 Å². The Balaban J connectivity index is 0.00000338. The van der Waals surface area contributed by atoms with Crippen molar-refractivity contribution >= 4 is 34.0 Å². The summed E-state index contributed by atoms with van der Waals surface area (Å²) >= 11 is 0. The minimum Gasteiger partial charge on any atom is -0.326 e. The average molecular weight is 404 g/mol. The topological polar surface area (TPSA) is 78.5 Å². The Bertz CT molecular complexity index is 727. The van der Waals surface area contributed by atoms with Crippen LogP contribution in [0, 0.1) is 13.8 Å². The minimum atomic E-state index is -3.55. The number of hydrogen-bond donors (Lipinski definition) is 2. The molecule has 0 aliphatic carbocycles. The number of nitrogens with zero attached hydrogens (tertiary/aromatic N) is 1. The number of halogens is 1. The molecule has 0 aromatic heterocycles. The fraction of sp³-hybridized carbons (Fsp3) is 0.611. The second kappa shape index (κ2) is 9.69. The fourth-order valence-electron chi connectivity index (χ4n) is 3.17. The highest BCUT2D eigenvalue weighted by atomic mass is 35.5. The second-order valence-electron chi connectivity index (χ2n) is 6.55. The zero-order valence-corrected chi connectivity index (χ0v) is 17.6. The Morgan fingerprint density at radius 1 is 1.27 bits per heavy atom. The Labute approximate surface area is 163 Å². The predicted octanol–water partition coefficient (Wildman–Crippen LogP) is 2.84. The lowest BCUT2D eigenvalue weighted by atomic mass is 10.1. The molecular formula is C18H30ClN3O3S. The van der Waals surface area contributed by atoms with Gasteiger partial charge < -0.3 is 10.6 Å². The van der Waals surface area contributed by atoms with E-state index in [-0.39, 0.29) is 29.3 Å². The molecule has 0 saturated carbocycles. The van der Waals surface area contributed by atoms with Crippen molar-refractivity contribution in [2.45, 2.75) is 57.9 Å². The molecular weight excluding hydrogens is 374 g/mol. The number of hydrogen-bond acceptors (Lipinski definition) is 4. The zero-order valence-electron chi connectivity index (χ0n) is 16.0. The molecule has 1 atom stereocenters. The van der Waals surface area contributed by atoms with E-state index in [9.17, 15) is 13.2 Å². The molecule has 1 aromatic rings. The first-order valence-corrected chi connectivity index (χ1v) is 10.4. The molecule has 8 heteroatoms. The summed E-state index contributed by atoms with van der Waals surface area (Å²) in [6.45, 7) is 9.19. The van der Waals surface area contributed by atoms with Crippen molar-refractivity contribution in [1.29, 1.82) is 0 Å². The summed E-state index contributed by atoms with van der Waals surface area (Å²) < 4.78 is 27.0. The van der Waals surface area contributed by atoms with Crippen LogP contribution in [-0.4, -0.2) is 44.3 Å². The summed E-state index contributed by atoms with van der Waals surface area (Å²) in [6, 6.07) is 3.47. The van der Waals surface area contributed by atoms with Gasteiger partial charge in [0.1, 0.15) is 0 Å². The number of carbonyl (C=O) groups excluding carboxylic acids is 1. The molecule has 1 aliphatic rings. The van der Waals surface area contributed by atoms with Crippen molar-refractivity contribution in [2.75, 3.05) is 25.0 Å². The minimum absolute atomic E-state index is 0. The van der Waals surface area contributed by atoms with Gasteiger partial charge in [0.05, 0.1) is 4.90 Å². The van der Waals surface area contributed by atoms with Gasteiger partial charge in [0.25, 0.3) is 0 Å². The van der Waals surface area contributed by atoms with Gasteiger partial charge in [-0.05, 0) is 56.5 Å². The van der Waals surface area contributed by atoms with E-state index in [2.05, 4.69) is 10.6 Å². The normalized spacial score (nSPS) is 17.2. The second-order valence-corrected chi connectivity index (χ2v) is 8.49. The maximum Gasteiger partial charge on any atom is 0.243 e. The smallest absolute Gasteiger partial charge is 0.243 e. The van der Waals surface area contributed by atoms with Gasteiger partial charge in [-0.3, -0.25) is 4.79 Å². The quantitative estimate of drug-likeness (QED) is 0.733. The molecule has 0 spiro atoms. The average Bonchev–Trinajstić information content (AvgIpc) is 3.05. The van der Waals surface area contributed by atoms with E-state index in [0.29, 0.717) is 25.2 Å². The summed E-state index contributed by atoms with van der Waals surface area (Å²) in [5.41, 5.74) is 2.32. The molecule has 1 fully saturated rings. The molecule has 2 N–H and O–H groups in total. The van der Waals surface area contributed by atoms with E-state index in [1.54, 1.807) is 12.1 Å². The molecule has 26 heavy (non-hydrogen) atoms. The van der Waals surface area contributed by atoms with Gasteiger partial charge in [-0.2, -0.15) is 4.31 Å². The molecule has 148 valence electrons. The van der Waals surface area contributed by atoms with Crippen LogP contribution in [0.2, 0.25) is 0 Å². The summed E-state index contributed by atoms with van der Waals surface area (Å²) in [4.78, 5) is 12.6. The van der Waals surface area contributed by atoms with E-state index in [1.807, 2.05) is 27.7 Å². The van der Waals surface area contributed by atoms with Gasteiger partial charge in [-0.25, -0.2) is 8.42 Å². The van der Waals surface area contributed by atoms with E-state index in [4.69, 9.17) is 0 Å². The highest BCUT2D eigenvalue weighted by Crippen LogP contribution is 2.26. The number of aryl methyl sites for hydroxylation is 1. The predicted molar refractivity (Wildman–Crippen MR) is 108 cm³/mol. The largest absolute Gasteiger partial charge is 0.326 e. The highest BCUT2D eigenvalue weighted by Gasteiger charge is 2.24. The number of benzene rings is 1. The van der Waals surface area contributed by atoms with Crippen LogP contribution in [0.4, 0.5) is 5.69 Å². The lowest BCUT2D eigenvalue weighted by Crippen LogP contribution is -2.31. The monoisotopic (exact) mass is 403 g/mol. The maximum atomic E-state index is 12.8. The highest BCUT2D eigenvalue weighted by molar-refractivity contribution is 7.89. The van der Waals surface area contributed by atoms with Crippen molar-refractivity contribution < 1.29 is 13.2 Å². The third-order valence-corrected chi connectivity index (χ3v) is 6.88. The third-order valence-electron chi connectivity index (χ3n) is 4.85. The molecule has 1 heterocycles. The van der Waals surface area contributed by atoms with Gasteiger partial charge in [0.2, 0.25) is 15.9 Å². The molecule has 1 aromatic carbocycles. The van der Waals surface area contributed by atoms with Crippen molar-refractivity contribution in [3.05, 3.63) is 23.3 Å². The van der Waals surface area contributed by atoms with Gasteiger partial charge in [-0.1, -0.05) is 13.8 Å². The van der Waals surface area contributed by atoms with Crippen molar-refractivity contribution in [2.24, 2.45) is 0 Å². The summed E-state index contributed by atoms with van der Waals surface area (Å²) in [6.07, 6.45) is 2.50. The molecule has 1 aliphatic heterocycles. The first-order valence-electron chi connectivity index (χ1n) is 8.94. The van der Waals surface area contributed by atoms with Crippen molar-refractivity contribution in [1.82, 2.24) is 9.62 Å². The number of rotatable bonds is 7. The summed E-state index contributed by atoms with van der Waals surface area (Å²) in [5, 5.41) is 6.21. The molecule has 1 unspecified atom stereocenters. The first kappa shape index (κ1) is 22.9. The number of nitrogens with one attached hydrogen (secondary N) is 2. The number of anilines is 1. The Kier molecular flexibility index (Phi) is 8.53. The van der Waals surface area contributed by atoms with Crippen molar-refractivity contribution in [3.8, 4) is 0 Å². The molecule has 6 nitrogen and oxygen atoms in total. The lowest BCUT2D eigenvalue weighted by Gasteiger charge is -2.20. The van der Waals surface area contributed by atoms with Gasteiger partial charge in [-0.15, -0.1) is 12.4 Å². The molecule has 0 radical (unpaired) electrons. The van der Waals surface area contributed by atoms with E-state index >= 15 is 0 Å². The lowest BCUT2D eigenvalue weighted by molar-refractivity contribution is -0.116. The van der Waals surface area contributed by atoms with Crippen LogP contribution in [-0.2, 0) is 14.8 Å². The van der Waals surface area contributed by atoms with Gasteiger partial charge in [0.15, 0.2) is 0 Å². The summed E-state index contributed by atoms with van der Waals surface area (Å²) in [7, 11) is -3.55. The number of sulfonamides is 1.